The fourth-order valence-electron chi connectivity index (χ4n) is 3.61. The molecule has 8 heteroatoms. The van der Waals surface area contributed by atoms with E-state index in [2.05, 4.69) is 46.5 Å². The van der Waals surface area contributed by atoms with Crippen LogP contribution in [0.4, 0.5) is 5.82 Å². The third-order valence-electron chi connectivity index (χ3n) is 5.09. The Morgan fingerprint density at radius 2 is 1.79 bits per heavy atom. The van der Waals surface area contributed by atoms with Gasteiger partial charge in [0.2, 0.25) is 5.91 Å². The lowest BCUT2D eigenvalue weighted by molar-refractivity contribution is -0.124. The van der Waals surface area contributed by atoms with Crippen molar-refractivity contribution in [1.82, 2.24) is 30.0 Å². The predicted molar refractivity (Wildman–Crippen MR) is 115 cm³/mol. The first-order chi connectivity index (χ1) is 13.5. The van der Waals surface area contributed by atoms with Crippen molar-refractivity contribution in [3.63, 3.8) is 0 Å². The molecule has 0 aliphatic carbocycles. The fourth-order valence-corrected chi connectivity index (χ4v) is 3.61. The number of likely N-dealkylation sites (tertiary alicyclic amines) is 1. The summed E-state index contributed by atoms with van der Waals surface area (Å²) in [6, 6.07) is 3.91. The quantitative estimate of drug-likeness (QED) is 0.800. The lowest BCUT2D eigenvalue weighted by Crippen LogP contribution is -2.47. The summed E-state index contributed by atoms with van der Waals surface area (Å²) in [5.41, 5.74) is 0.477. The molecule has 1 aliphatic heterocycles. The van der Waals surface area contributed by atoms with E-state index in [9.17, 15) is 4.79 Å². The summed E-state index contributed by atoms with van der Waals surface area (Å²) in [6.07, 6.45) is 2.16. The molecule has 8 nitrogen and oxygen atoms in total. The molecule has 2 aromatic heterocycles. The van der Waals surface area contributed by atoms with Gasteiger partial charge in [-0.3, -0.25) is 9.69 Å². The molecule has 0 aromatic carbocycles. The van der Waals surface area contributed by atoms with E-state index in [4.69, 9.17) is 5.10 Å². The molecule has 0 unspecified atom stereocenters. The fraction of sp³-hybridized carbons (Fsp3) is 0.714. The molecule has 1 aliphatic rings. The largest absolute Gasteiger partial charge is 0.368 e. The first-order valence-electron chi connectivity index (χ1n) is 10.5. The highest BCUT2D eigenvalue weighted by Gasteiger charge is 2.24. The molecule has 0 spiro atoms. The van der Waals surface area contributed by atoms with Crippen molar-refractivity contribution in [1.29, 1.82) is 0 Å². The zero-order chi connectivity index (χ0) is 21.2. The number of rotatable bonds is 5. The number of carbonyl (C=O) groups is 1. The summed E-state index contributed by atoms with van der Waals surface area (Å²) in [6.45, 7) is 15.6. The van der Waals surface area contributed by atoms with E-state index in [1.165, 1.54) is 0 Å². The number of piperidine rings is 1. The maximum Gasteiger partial charge on any atom is 0.234 e. The van der Waals surface area contributed by atoms with Gasteiger partial charge in [-0.15, -0.1) is 15.3 Å². The highest BCUT2D eigenvalue weighted by Crippen LogP contribution is 2.21. The average molecular weight is 402 g/mol. The van der Waals surface area contributed by atoms with Gasteiger partial charge in [-0.1, -0.05) is 20.8 Å². The van der Waals surface area contributed by atoms with Gasteiger partial charge in [-0.25, -0.2) is 0 Å². The maximum atomic E-state index is 12.1. The Bertz CT molecular complexity index is 839. The summed E-state index contributed by atoms with van der Waals surface area (Å²) in [7, 11) is 0. The molecule has 0 saturated carbocycles. The molecule has 1 fully saturated rings. The van der Waals surface area contributed by atoms with Crippen molar-refractivity contribution in [3.05, 3.63) is 18.0 Å². The lowest BCUT2D eigenvalue weighted by Gasteiger charge is -2.32. The predicted octanol–water partition coefficient (Wildman–Crippen LogP) is 2.46. The molecule has 3 rings (SSSR count). The van der Waals surface area contributed by atoms with Gasteiger partial charge >= 0.3 is 0 Å². The summed E-state index contributed by atoms with van der Waals surface area (Å²) in [5, 5.41) is 19.7. The van der Waals surface area contributed by atoms with Crippen LogP contribution in [0.2, 0.25) is 0 Å². The highest BCUT2D eigenvalue weighted by atomic mass is 16.2. The van der Waals surface area contributed by atoms with Gasteiger partial charge in [0.15, 0.2) is 11.5 Å². The Morgan fingerprint density at radius 1 is 1.10 bits per heavy atom. The van der Waals surface area contributed by atoms with E-state index in [1.807, 2.05) is 37.4 Å². The highest BCUT2D eigenvalue weighted by molar-refractivity contribution is 5.78. The standard InChI is InChI=1S/C21H35N7O/c1-20(2,3)19-25-24-17-8-7-16(26-28(17)19)22-13-15-9-11-27(12-10-15)14-18(29)23-21(4,5)6/h7-8,15H,9-14H2,1-6H3,(H,22,26)(H,23,29). The third-order valence-corrected chi connectivity index (χ3v) is 5.09. The summed E-state index contributed by atoms with van der Waals surface area (Å²) in [5.74, 6) is 2.39. The van der Waals surface area contributed by atoms with Gasteiger partial charge in [-0.05, 0) is 64.8 Å². The third kappa shape index (κ3) is 5.88. The minimum absolute atomic E-state index is 0.107. The molecule has 160 valence electrons. The molecule has 3 heterocycles. The number of hydrogen-bond acceptors (Lipinski definition) is 6. The van der Waals surface area contributed by atoms with Gasteiger partial charge in [0.25, 0.3) is 0 Å². The minimum Gasteiger partial charge on any atom is -0.368 e. The van der Waals surface area contributed by atoms with Crippen LogP contribution in [0.1, 0.15) is 60.2 Å². The number of nitrogens with zero attached hydrogens (tertiary/aromatic N) is 5. The normalized spacial score (nSPS) is 16.9. The molecular formula is C21H35N7O. The second-order valence-electron chi connectivity index (χ2n) is 10.2. The number of fused-ring (bicyclic) bond motifs is 1. The molecule has 29 heavy (non-hydrogen) atoms. The number of nitrogens with one attached hydrogen (secondary N) is 2. The topological polar surface area (TPSA) is 87.5 Å². The lowest BCUT2D eigenvalue weighted by atomic mass is 9.96. The van der Waals surface area contributed by atoms with Crippen molar-refractivity contribution in [2.24, 2.45) is 5.92 Å². The van der Waals surface area contributed by atoms with Crippen molar-refractivity contribution in [2.75, 3.05) is 31.5 Å². The molecule has 2 N–H and O–H groups in total. The number of hydrogen-bond donors (Lipinski definition) is 2. The second kappa shape index (κ2) is 8.26. The zero-order valence-corrected chi connectivity index (χ0v) is 18.6. The smallest absolute Gasteiger partial charge is 0.234 e. The Labute approximate surface area is 173 Å². The van der Waals surface area contributed by atoms with E-state index >= 15 is 0 Å². The van der Waals surface area contributed by atoms with E-state index in [0.717, 1.165) is 49.8 Å². The van der Waals surface area contributed by atoms with Crippen molar-refractivity contribution < 1.29 is 4.79 Å². The molecule has 1 amide bonds. The SMILES string of the molecule is CC(C)(C)NC(=O)CN1CCC(CNc2ccc3nnc(C(C)(C)C)n3n2)CC1. The van der Waals surface area contributed by atoms with Gasteiger partial charge in [0, 0.05) is 17.5 Å². The van der Waals surface area contributed by atoms with Crippen LogP contribution in [0.15, 0.2) is 12.1 Å². The Morgan fingerprint density at radius 3 is 2.41 bits per heavy atom. The number of carbonyl (C=O) groups excluding carboxylic acids is 1. The van der Waals surface area contributed by atoms with Crippen LogP contribution in [0, 0.1) is 5.92 Å². The van der Waals surface area contributed by atoms with Crippen LogP contribution < -0.4 is 10.6 Å². The molecular weight excluding hydrogens is 366 g/mol. The van der Waals surface area contributed by atoms with Crippen LogP contribution in [-0.4, -0.2) is 62.3 Å². The molecule has 2 aromatic rings. The Kier molecular flexibility index (Phi) is 6.12. The van der Waals surface area contributed by atoms with Crippen LogP contribution in [-0.2, 0) is 10.2 Å². The van der Waals surface area contributed by atoms with Crippen molar-refractivity contribution in [3.8, 4) is 0 Å². The number of aromatic nitrogens is 4. The van der Waals surface area contributed by atoms with Crippen LogP contribution in [0.5, 0.6) is 0 Å². The molecule has 0 bridgehead atoms. The van der Waals surface area contributed by atoms with E-state index in [-0.39, 0.29) is 16.9 Å². The maximum absolute atomic E-state index is 12.1. The van der Waals surface area contributed by atoms with E-state index in [1.54, 1.807) is 0 Å². The monoisotopic (exact) mass is 401 g/mol. The van der Waals surface area contributed by atoms with Crippen molar-refractivity contribution in [2.45, 2.75) is 65.3 Å². The van der Waals surface area contributed by atoms with Gasteiger partial charge in [0.1, 0.15) is 5.82 Å². The summed E-state index contributed by atoms with van der Waals surface area (Å²) < 4.78 is 1.83. The number of anilines is 1. The second-order valence-corrected chi connectivity index (χ2v) is 10.2. The van der Waals surface area contributed by atoms with Crippen molar-refractivity contribution >= 4 is 17.4 Å². The Balaban J connectivity index is 1.50. The van der Waals surface area contributed by atoms with Crippen LogP contribution in [0.3, 0.4) is 0 Å². The molecule has 0 radical (unpaired) electrons. The van der Waals surface area contributed by atoms with Gasteiger partial charge in [-0.2, -0.15) is 4.52 Å². The summed E-state index contributed by atoms with van der Waals surface area (Å²) in [4.78, 5) is 14.4. The number of amides is 1. The zero-order valence-electron chi connectivity index (χ0n) is 18.6. The summed E-state index contributed by atoms with van der Waals surface area (Å²) >= 11 is 0. The van der Waals surface area contributed by atoms with E-state index < -0.39 is 0 Å². The average Bonchev–Trinajstić information content (AvgIpc) is 3.03. The van der Waals surface area contributed by atoms with Gasteiger partial charge < -0.3 is 10.6 Å². The van der Waals surface area contributed by atoms with Gasteiger partial charge in [0.05, 0.1) is 6.54 Å². The van der Waals surface area contributed by atoms with E-state index in [0.29, 0.717) is 12.5 Å². The Hall–Kier alpha value is -2.22. The first kappa shape index (κ1) is 21.5. The van der Waals surface area contributed by atoms with Crippen LogP contribution in [0.25, 0.3) is 5.65 Å². The molecule has 0 atom stereocenters. The molecule has 1 saturated heterocycles. The minimum atomic E-state index is -0.176. The first-order valence-corrected chi connectivity index (χ1v) is 10.5. The van der Waals surface area contributed by atoms with Crippen LogP contribution >= 0.6 is 0 Å².